The van der Waals surface area contributed by atoms with Crippen molar-refractivity contribution in [3.63, 3.8) is 0 Å². The van der Waals surface area contributed by atoms with Crippen molar-refractivity contribution in [2.75, 3.05) is 26.4 Å². The predicted molar refractivity (Wildman–Crippen MR) is 344 cm³/mol. The first kappa shape index (κ1) is 78.9. The third kappa shape index (κ3) is 61.5. The van der Waals surface area contributed by atoms with E-state index >= 15 is 0 Å². The zero-order valence-electron chi connectivity index (χ0n) is 53.0. The third-order valence-electron chi connectivity index (χ3n) is 14.6. The molecule has 0 amide bonds. The van der Waals surface area contributed by atoms with Crippen molar-refractivity contribution in [3.8, 4) is 0 Å². The van der Waals surface area contributed by atoms with E-state index < -0.39 is 57.8 Å². The van der Waals surface area contributed by atoms with Crippen molar-refractivity contribution in [2.24, 2.45) is 0 Å². The molecule has 0 bridgehead atoms. The van der Waals surface area contributed by atoms with Crippen LogP contribution in [0.15, 0.2) is 72.9 Å². The highest BCUT2D eigenvalue weighted by molar-refractivity contribution is 7.47. The number of aliphatic hydroxyl groups is 1. The quantitative estimate of drug-likeness (QED) is 0.0197. The lowest BCUT2D eigenvalue weighted by Gasteiger charge is -2.21. The van der Waals surface area contributed by atoms with Gasteiger partial charge in [0.2, 0.25) is 0 Å². The van der Waals surface area contributed by atoms with Gasteiger partial charge in [0.05, 0.1) is 19.8 Å². The summed E-state index contributed by atoms with van der Waals surface area (Å²) in [5, 5.41) is 9.88. The fraction of sp³-hybridized carbons (Fsp3) is 0.786. The lowest BCUT2D eigenvalue weighted by atomic mass is 10.0. The maximum absolute atomic E-state index is 13.0. The fourth-order valence-corrected chi connectivity index (χ4v) is 10.3. The number of hydrogen-bond acceptors (Lipinski definition) is 10. The Morgan fingerprint density at radius 1 is 0.354 bits per heavy atom. The molecular weight excluding hydrogens is 1050 g/mol. The van der Waals surface area contributed by atoms with Crippen molar-refractivity contribution in [1.82, 2.24) is 0 Å². The summed E-state index contributed by atoms with van der Waals surface area (Å²) in [6.07, 6.45) is 74.2. The summed E-state index contributed by atoms with van der Waals surface area (Å²) < 4.78 is 39.8. The van der Waals surface area contributed by atoms with Gasteiger partial charge in [-0.25, -0.2) is 4.57 Å². The van der Waals surface area contributed by atoms with Crippen LogP contribution in [0.5, 0.6) is 0 Å². The van der Waals surface area contributed by atoms with Crippen LogP contribution in [-0.2, 0) is 42.2 Å². The summed E-state index contributed by atoms with van der Waals surface area (Å²) in [6, 6.07) is 0. The normalized spacial score (nSPS) is 13.7. The number of rotatable bonds is 63. The Hall–Kier alpha value is -3.08. The number of phosphoric acid groups is 1. The number of esters is 3. The van der Waals surface area contributed by atoms with Gasteiger partial charge in [0, 0.05) is 19.3 Å². The molecule has 0 rings (SSSR count). The summed E-state index contributed by atoms with van der Waals surface area (Å²) >= 11 is 0. The first-order chi connectivity index (χ1) is 40.2. The molecule has 0 fully saturated rings. The molecule has 3 unspecified atom stereocenters. The van der Waals surface area contributed by atoms with Crippen LogP contribution in [-0.4, -0.2) is 66.5 Å². The molecule has 0 saturated carbocycles. The summed E-state index contributed by atoms with van der Waals surface area (Å²) in [6.45, 7) is 4.54. The number of hydrogen-bond donors (Lipinski definition) is 2. The van der Waals surface area contributed by atoms with Gasteiger partial charge in [-0.2, -0.15) is 0 Å². The van der Waals surface area contributed by atoms with Gasteiger partial charge in [-0.15, -0.1) is 0 Å². The second-order valence-electron chi connectivity index (χ2n) is 22.6. The molecule has 0 saturated heterocycles. The van der Waals surface area contributed by atoms with Gasteiger partial charge in [-0.05, 0) is 89.9 Å². The molecule has 476 valence electrons. The minimum absolute atomic E-state index is 0.157. The van der Waals surface area contributed by atoms with Crippen LogP contribution in [0.25, 0.3) is 0 Å². The fourth-order valence-electron chi connectivity index (χ4n) is 9.50. The van der Waals surface area contributed by atoms with E-state index in [0.717, 1.165) is 103 Å². The lowest BCUT2D eigenvalue weighted by molar-refractivity contribution is -0.161. The molecule has 0 aliphatic heterocycles. The van der Waals surface area contributed by atoms with Crippen molar-refractivity contribution in [1.29, 1.82) is 0 Å². The van der Waals surface area contributed by atoms with E-state index in [1.165, 1.54) is 154 Å². The highest BCUT2D eigenvalue weighted by Crippen LogP contribution is 2.43. The van der Waals surface area contributed by atoms with E-state index in [-0.39, 0.29) is 25.9 Å². The Labute approximate surface area is 503 Å². The van der Waals surface area contributed by atoms with Crippen molar-refractivity contribution in [2.45, 2.75) is 328 Å². The van der Waals surface area contributed by atoms with E-state index in [0.29, 0.717) is 19.3 Å². The molecule has 0 aromatic rings. The average Bonchev–Trinajstić information content (AvgIpc) is 3.47. The van der Waals surface area contributed by atoms with Crippen LogP contribution in [0.1, 0.15) is 316 Å². The van der Waals surface area contributed by atoms with Crippen LogP contribution in [0.2, 0.25) is 0 Å². The molecule has 0 aliphatic carbocycles. The molecule has 3 atom stereocenters. The minimum atomic E-state index is -4.76. The Kier molecular flexibility index (Phi) is 61.5. The Morgan fingerprint density at radius 2 is 0.634 bits per heavy atom. The molecule has 0 spiro atoms. The zero-order chi connectivity index (χ0) is 59.8. The molecule has 0 aliphatic rings. The van der Waals surface area contributed by atoms with E-state index in [9.17, 15) is 28.9 Å². The molecule has 0 aromatic carbocycles. The number of phosphoric ester groups is 1. The van der Waals surface area contributed by atoms with Crippen LogP contribution in [0.4, 0.5) is 0 Å². The second kappa shape index (κ2) is 63.9. The first-order valence-corrected chi connectivity index (χ1v) is 35.3. The number of allylic oxidation sites excluding steroid dienone is 12. The smallest absolute Gasteiger partial charge is 0.462 e. The predicted octanol–water partition coefficient (Wildman–Crippen LogP) is 20.8. The van der Waals surface area contributed by atoms with Crippen LogP contribution in [0, 0.1) is 0 Å². The number of ether oxygens (including phenoxy) is 3. The molecule has 11 nitrogen and oxygen atoms in total. The molecule has 2 N–H and O–H groups in total. The van der Waals surface area contributed by atoms with Crippen LogP contribution in [0.3, 0.4) is 0 Å². The van der Waals surface area contributed by atoms with Gasteiger partial charge in [-0.3, -0.25) is 23.4 Å². The maximum atomic E-state index is 13.0. The van der Waals surface area contributed by atoms with E-state index in [2.05, 4.69) is 93.7 Å². The third-order valence-corrected chi connectivity index (χ3v) is 15.6. The Morgan fingerprint density at radius 3 is 1.00 bits per heavy atom. The van der Waals surface area contributed by atoms with Gasteiger partial charge in [-0.1, -0.05) is 280 Å². The first-order valence-electron chi connectivity index (χ1n) is 33.8. The van der Waals surface area contributed by atoms with Crippen molar-refractivity contribution in [3.05, 3.63) is 72.9 Å². The molecule has 0 radical (unpaired) electrons. The monoisotopic (exact) mass is 1170 g/mol. The maximum Gasteiger partial charge on any atom is 0.472 e. The lowest BCUT2D eigenvalue weighted by Crippen LogP contribution is -2.30. The zero-order valence-corrected chi connectivity index (χ0v) is 53.8. The summed E-state index contributed by atoms with van der Waals surface area (Å²) in [5.41, 5.74) is 0. The average molecular weight is 1170 g/mol. The van der Waals surface area contributed by atoms with Gasteiger partial charge in [0.15, 0.2) is 6.10 Å². The minimum Gasteiger partial charge on any atom is -0.462 e. The standard InChI is InChI=1S/C70H125O11P/c1-4-7-10-13-16-19-22-25-28-31-33-36-39-42-45-48-51-54-57-60-69(73)80-66(62-71)64-78-82(75,76)79-65-67(63-77-68(72)59-56-53-50-47-44-41-38-35-30-27-24-21-18-15-12-9-6-3)81-70(74)61-58-55-52-49-46-43-40-37-34-32-29-26-23-20-17-14-11-8-5-2/h9,12,17-18,20-21,26-27,29-30,38,41,66-67,71H,4-8,10-11,13-16,19,22-25,28,31-37,39-40,42-65H2,1-3H3,(H,75,76)/b12-9-,20-17-,21-18-,29-26-,30-27-,41-38-. The number of aliphatic hydroxyl groups excluding tert-OH is 1. The topological polar surface area (TPSA) is 155 Å². The van der Waals surface area contributed by atoms with E-state index in [1.54, 1.807) is 0 Å². The molecule has 0 heterocycles. The highest BCUT2D eigenvalue weighted by Gasteiger charge is 2.28. The van der Waals surface area contributed by atoms with Gasteiger partial charge >= 0.3 is 25.7 Å². The Bertz CT molecular complexity index is 1650. The van der Waals surface area contributed by atoms with Crippen LogP contribution >= 0.6 is 7.82 Å². The van der Waals surface area contributed by atoms with Gasteiger partial charge in [0.1, 0.15) is 12.7 Å². The second-order valence-corrected chi connectivity index (χ2v) is 24.1. The Balaban J connectivity index is 4.68. The summed E-state index contributed by atoms with van der Waals surface area (Å²) in [7, 11) is -4.76. The summed E-state index contributed by atoms with van der Waals surface area (Å²) in [4.78, 5) is 48.8. The number of carbonyl (C=O) groups excluding carboxylic acids is 3. The van der Waals surface area contributed by atoms with Gasteiger partial charge < -0.3 is 24.2 Å². The van der Waals surface area contributed by atoms with E-state index in [1.807, 2.05) is 0 Å². The largest absolute Gasteiger partial charge is 0.472 e. The molecular formula is C70H125O11P. The van der Waals surface area contributed by atoms with Crippen molar-refractivity contribution < 1.29 is 52.2 Å². The molecule has 0 aromatic heterocycles. The molecule has 12 heteroatoms. The van der Waals surface area contributed by atoms with Gasteiger partial charge in [0.25, 0.3) is 0 Å². The van der Waals surface area contributed by atoms with Crippen LogP contribution < -0.4 is 0 Å². The highest BCUT2D eigenvalue weighted by atomic mass is 31.2. The SMILES string of the molecule is CC/C=C\C/C=C\C/C=C\C/C=C\CCCCCCC(=O)OCC(COP(=O)(O)OCC(CO)OC(=O)CCCCCCCCCCCCCCCCCCCCC)OC(=O)CCCCCCCCCCC/C=C\C/C=C\CCCCC. The number of unbranched alkanes of at least 4 members (excludes halogenated alkanes) is 34. The summed E-state index contributed by atoms with van der Waals surface area (Å²) in [5.74, 6) is -1.48. The van der Waals surface area contributed by atoms with E-state index in [4.69, 9.17) is 23.3 Å². The van der Waals surface area contributed by atoms with Crippen molar-refractivity contribution >= 4 is 25.7 Å². The molecule has 82 heavy (non-hydrogen) atoms. The number of carbonyl (C=O) groups is 3.